The maximum Gasteiger partial charge on any atom is 0.435 e. The van der Waals surface area contributed by atoms with E-state index >= 15 is 0 Å². The predicted octanol–water partition coefficient (Wildman–Crippen LogP) is 3.65. The number of nitrogens with zero attached hydrogens (tertiary/aromatic N) is 2. The fourth-order valence-corrected chi connectivity index (χ4v) is 3.31. The summed E-state index contributed by atoms with van der Waals surface area (Å²) in [5.41, 5.74) is -1.35. The summed E-state index contributed by atoms with van der Waals surface area (Å²) in [5, 5.41) is 8.63. The third-order valence-corrected chi connectivity index (χ3v) is 4.76. The molecule has 0 amide bonds. The highest BCUT2D eigenvalue weighted by atomic mass is 32.2. The third kappa shape index (κ3) is 3.71. The SMILES string of the molecule is Cc1ccc(-c2cc(C(F)(F)F)nn2-c2ccccc2S(N)(=O)=O)c(F)c1. The Morgan fingerprint density at radius 1 is 1.07 bits per heavy atom. The molecule has 0 spiro atoms. The molecule has 0 aliphatic carbocycles. The van der Waals surface area contributed by atoms with Crippen LogP contribution in [-0.4, -0.2) is 18.2 Å². The number of hydrogen-bond donors (Lipinski definition) is 1. The number of aromatic nitrogens is 2. The first kappa shape index (κ1) is 19.1. The molecular formula is C17H13F4N3O2S. The van der Waals surface area contributed by atoms with Crippen molar-refractivity contribution in [2.75, 3.05) is 0 Å². The highest BCUT2D eigenvalue weighted by Gasteiger charge is 2.36. The molecule has 142 valence electrons. The Labute approximate surface area is 152 Å². The van der Waals surface area contributed by atoms with Gasteiger partial charge in [0.2, 0.25) is 10.0 Å². The Morgan fingerprint density at radius 2 is 1.74 bits per heavy atom. The monoisotopic (exact) mass is 399 g/mol. The van der Waals surface area contributed by atoms with E-state index in [1.807, 2.05) is 0 Å². The van der Waals surface area contributed by atoms with Crippen molar-refractivity contribution in [1.29, 1.82) is 0 Å². The van der Waals surface area contributed by atoms with Gasteiger partial charge < -0.3 is 0 Å². The summed E-state index contributed by atoms with van der Waals surface area (Å²) >= 11 is 0. The molecule has 2 N–H and O–H groups in total. The topological polar surface area (TPSA) is 78.0 Å². The molecule has 27 heavy (non-hydrogen) atoms. The molecule has 0 aliphatic rings. The van der Waals surface area contributed by atoms with Gasteiger partial charge in [0.15, 0.2) is 5.69 Å². The van der Waals surface area contributed by atoms with Crippen molar-refractivity contribution in [2.45, 2.75) is 18.0 Å². The smallest absolute Gasteiger partial charge is 0.231 e. The van der Waals surface area contributed by atoms with Crippen LogP contribution in [0.1, 0.15) is 11.3 Å². The van der Waals surface area contributed by atoms with Crippen molar-refractivity contribution in [3.63, 3.8) is 0 Å². The summed E-state index contributed by atoms with van der Waals surface area (Å²) in [6.07, 6.45) is -4.81. The second kappa shape index (κ2) is 6.46. The number of benzene rings is 2. The van der Waals surface area contributed by atoms with Gasteiger partial charge in [-0.05, 0) is 42.8 Å². The van der Waals surface area contributed by atoms with Crippen LogP contribution in [0.5, 0.6) is 0 Å². The van der Waals surface area contributed by atoms with Crippen molar-refractivity contribution in [2.24, 2.45) is 5.14 Å². The molecule has 2 aromatic carbocycles. The van der Waals surface area contributed by atoms with E-state index in [0.717, 1.165) is 16.8 Å². The van der Waals surface area contributed by atoms with Crippen LogP contribution >= 0.6 is 0 Å². The van der Waals surface area contributed by atoms with Gasteiger partial charge in [-0.15, -0.1) is 0 Å². The summed E-state index contributed by atoms with van der Waals surface area (Å²) in [5.74, 6) is -0.766. The molecule has 5 nitrogen and oxygen atoms in total. The highest BCUT2D eigenvalue weighted by Crippen LogP contribution is 2.35. The highest BCUT2D eigenvalue weighted by molar-refractivity contribution is 7.89. The molecule has 3 aromatic rings. The molecule has 0 bridgehead atoms. The van der Waals surface area contributed by atoms with Crippen molar-refractivity contribution in [3.05, 3.63) is 65.6 Å². The standard InChI is InChI=1S/C17H13F4N3O2S/c1-10-6-7-11(12(18)8-10)14-9-16(17(19,20)21)23-24(14)13-4-2-3-5-15(13)27(22,25)26/h2-9H,1H3,(H2,22,25,26). The summed E-state index contributed by atoms with van der Waals surface area (Å²) in [6.45, 7) is 1.63. The molecule has 0 saturated heterocycles. The zero-order valence-corrected chi connectivity index (χ0v) is 14.6. The number of primary sulfonamides is 1. The van der Waals surface area contributed by atoms with E-state index in [2.05, 4.69) is 5.10 Å². The Bertz CT molecular complexity index is 1120. The molecule has 1 aromatic heterocycles. The zero-order chi connectivity index (χ0) is 20.0. The van der Waals surface area contributed by atoms with Crippen LogP contribution in [0, 0.1) is 12.7 Å². The van der Waals surface area contributed by atoms with Gasteiger partial charge in [0, 0.05) is 5.56 Å². The van der Waals surface area contributed by atoms with Gasteiger partial charge in [-0.2, -0.15) is 18.3 Å². The second-order valence-electron chi connectivity index (χ2n) is 5.82. The van der Waals surface area contributed by atoms with Gasteiger partial charge in [-0.25, -0.2) is 22.6 Å². The first-order valence-corrected chi connectivity index (χ1v) is 9.09. The number of alkyl halides is 3. The van der Waals surface area contributed by atoms with Crippen LogP contribution in [0.2, 0.25) is 0 Å². The van der Waals surface area contributed by atoms with Gasteiger partial charge >= 0.3 is 6.18 Å². The molecule has 10 heteroatoms. The number of para-hydroxylation sites is 1. The number of hydrogen-bond acceptors (Lipinski definition) is 3. The van der Waals surface area contributed by atoms with Crippen molar-refractivity contribution in [3.8, 4) is 16.9 Å². The van der Waals surface area contributed by atoms with E-state index in [1.165, 1.54) is 30.3 Å². The molecule has 0 radical (unpaired) electrons. The Hall–Kier alpha value is -2.72. The first-order chi connectivity index (χ1) is 12.5. The minimum Gasteiger partial charge on any atom is -0.231 e. The first-order valence-electron chi connectivity index (χ1n) is 7.54. The minimum absolute atomic E-state index is 0.159. The molecule has 0 saturated carbocycles. The van der Waals surface area contributed by atoms with E-state index < -0.39 is 32.6 Å². The van der Waals surface area contributed by atoms with Gasteiger partial charge in [0.1, 0.15) is 10.7 Å². The lowest BCUT2D eigenvalue weighted by atomic mass is 10.1. The lowest BCUT2D eigenvalue weighted by Gasteiger charge is -2.12. The largest absolute Gasteiger partial charge is 0.435 e. The predicted molar refractivity (Wildman–Crippen MR) is 90.1 cm³/mol. The van der Waals surface area contributed by atoms with Gasteiger partial charge in [-0.1, -0.05) is 18.2 Å². The molecule has 0 atom stereocenters. The van der Waals surface area contributed by atoms with E-state index in [4.69, 9.17) is 5.14 Å². The molecule has 0 fully saturated rings. The minimum atomic E-state index is -4.81. The van der Waals surface area contributed by atoms with E-state index in [1.54, 1.807) is 6.92 Å². The van der Waals surface area contributed by atoms with Crippen LogP contribution in [0.15, 0.2) is 53.4 Å². The van der Waals surface area contributed by atoms with Crippen molar-refractivity contribution < 1.29 is 26.0 Å². The fraction of sp³-hybridized carbons (Fsp3) is 0.118. The average Bonchev–Trinajstić information content (AvgIpc) is 2.99. The summed E-state index contributed by atoms with van der Waals surface area (Å²) in [4.78, 5) is -0.435. The number of nitrogens with two attached hydrogens (primary N) is 1. The van der Waals surface area contributed by atoms with Crippen LogP contribution < -0.4 is 5.14 Å². The quantitative estimate of drug-likeness (QED) is 0.683. The van der Waals surface area contributed by atoms with Crippen LogP contribution in [0.25, 0.3) is 16.9 Å². The molecular weight excluding hydrogens is 386 g/mol. The molecule has 0 unspecified atom stereocenters. The molecule has 3 rings (SSSR count). The summed E-state index contributed by atoms with van der Waals surface area (Å²) in [6, 6.07) is 9.79. The van der Waals surface area contributed by atoms with Crippen molar-refractivity contribution in [1.82, 2.24) is 9.78 Å². The van der Waals surface area contributed by atoms with Crippen LogP contribution in [-0.2, 0) is 16.2 Å². The Morgan fingerprint density at radius 3 is 2.33 bits per heavy atom. The molecule has 1 heterocycles. The third-order valence-electron chi connectivity index (χ3n) is 3.80. The zero-order valence-electron chi connectivity index (χ0n) is 13.8. The van der Waals surface area contributed by atoms with E-state index in [0.29, 0.717) is 11.6 Å². The maximum absolute atomic E-state index is 14.4. The number of rotatable bonds is 3. The second-order valence-corrected chi connectivity index (χ2v) is 7.35. The Balaban J connectivity index is 2.36. The van der Waals surface area contributed by atoms with Crippen LogP contribution in [0.3, 0.4) is 0 Å². The number of halogens is 4. The normalized spacial score (nSPS) is 12.4. The number of sulfonamides is 1. The Kier molecular flexibility index (Phi) is 4.56. The summed E-state index contributed by atoms with van der Waals surface area (Å²) in [7, 11) is -4.26. The van der Waals surface area contributed by atoms with E-state index in [9.17, 15) is 26.0 Å². The lowest BCUT2D eigenvalue weighted by molar-refractivity contribution is -0.141. The van der Waals surface area contributed by atoms with Gasteiger partial charge in [0.25, 0.3) is 0 Å². The van der Waals surface area contributed by atoms with Gasteiger partial charge in [0.05, 0.1) is 11.4 Å². The maximum atomic E-state index is 14.4. The fourth-order valence-electron chi connectivity index (χ4n) is 2.60. The lowest BCUT2D eigenvalue weighted by Crippen LogP contribution is -2.16. The van der Waals surface area contributed by atoms with Crippen LogP contribution in [0.4, 0.5) is 17.6 Å². The average molecular weight is 399 g/mol. The molecule has 0 aliphatic heterocycles. The number of aryl methyl sites for hydroxylation is 1. The van der Waals surface area contributed by atoms with E-state index in [-0.39, 0.29) is 16.9 Å². The summed E-state index contributed by atoms with van der Waals surface area (Å²) < 4.78 is 78.4. The van der Waals surface area contributed by atoms with Gasteiger partial charge in [-0.3, -0.25) is 0 Å². The van der Waals surface area contributed by atoms with Crippen molar-refractivity contribution >= 4 is 10.0 Å².